The third-order valence-electron chi connectivity index (χ3n) is 4.86. The van der Waals surface area contributed by atoms with Gasteiger partial charge >= 0.3 is 0 Å². The van der Waals surface area contributed by atoms with Gasteiger partial charge in [-0.05, 0) is 31.0 Å². The van der Waals surface area contributed by atoms with Crippen molar-refractivity contribution in [1.82, 2.24) is 0 Å². The van der Waals surface area contributed by atoms with Crippen LogP contribution in [0.5, 0.6) is 0 Å². The maximum Gasteiger partial charge on any atom is 0.245 e. The molecule has 0 saturated heterocycles. The number of hydrogen-bond donors (Lipinski definition) is 2. The molecule has 1 fully saturated rings. The fourth-order valence-electron chi connectivity index (χ4n) is 2.89. The van der Waals surface area contributed by atoms with Crippen molar-refractivity contribution in [2.24, 2.45) is 11.1 Å². The first-order chi connectivity index (χ1) is 9.85. The molecule has 0 spiro atoms. The van der Waals surface area contributed by atoms with Gasteiger partial charge in [-0.25, -0.2) is 0 Å². The first-order valence-electron chi connectivity index (χ1n) is 7.66. The molecule has 1 amide bonds. The number of carbonyl (C=O) groups is 1. The predicted molar refractivity (Wildman–Crippen MR) is 92.4 cm³/mol. The molecule has 5 heteroatoms. The van der Waals surface area contributed by atoms with E-state index in [9.17, 15) is 4.79 Å². The number of aryl methyl sites for hydroxylation is 1. The summed E-state index contributed by atoms with van der Waals surface area (Å²) < 4.78 is 5.66. The highest BCUT2D eigenvalue weighted by Crippen LogP contribution is 2.50. The van der Waals surface area contributed by atoms with Gasteiger partial charge in [-0.2, -0.15) is 0 Å². The van der Waals surface area contributed by atoms with Crippen molar-refractivity contribution in [2.75, 3.05) is 11.9 Å². The van der Waals surface area contributed by atoms with Crippen LogP contribution in [-0.4, -0.2) is 24.2 Å². The van der Waals surface area contributed by atoms with E-state index in [2.05, 4.69) is 12.2 Å². The average Bonchev–Trinajstić information content (AvgIpc) is 2.47. The molecule has 1 aliphatic rings. The molecular weight excluding hydrogens is 300 g/mol. The quantitative estimate of drug-likeness (QED) is 0.873. The van der Waals surface area contributed by atoms with Crippen LogP contribution in [0.25, 0.3) is 0 Å². The maximum absolute atomic E-state index is 12.5. The minimum absolute atomic E-state index is 0. The van der Waals surface area contributed by atoms with Gasteiger partial charge in [0.2, 0.25) is 5.91 Å². The zero-order chi connectivity index (χ0) is 15.7. The van der Waals surface area contributed by atoms with Gasteiger partial charge < -0.3 is 15.8 Å². The number of hydrogen-bond acceptors (Lipinski definition) is 3. The van der Waals surface area contributed by atoms with E-state index in [1.54, 1.807) is 0 Å². The lowest BCUT2D eigenvalue weighted by Crippen LogP contribution is -2.74. The van der Waals surface area contributed by atoms with Crippen LogP contribution in [0.3, 0.4) is 0 Å². The van der Waals surface area contributed by atoms with Crippen LogP contribution in [0.1, 0.15) is 39.7 Å². The van der Waals surface area contributed by atoms with Crippen LogP contribution >= 0.6 is 12.4 Å². The third kappa shape index (κ3) is 3.14. The van der Waals surface area contributed by atoms with Crippen molar-refractivity contribution in [2.45, 2.75) is 52.2 Å². The van der Waals surface area contributed by atoms with E-state index in [-0.39, 0.29) is 29.8 Å². The number of benzene rings is 1. The van der Waals surface area contributed by atoms with Crippen molar-refractivity contribution >= 4 is 24.0 Å². The lowest BCUT2D eigenvalue weighted by molar-refractivity contribution is -0.166. The summed E-state index contributed by atoms with van der Waals surface area (Å²) >= 11 is 0. The Morgan fingerprint density at radius 3 is 2.36 bits per heavy atom. The zero-order valence-electron chi connectivity index (χ0n) is 13.8. The Morgan fingerprint density at radius 2 is 1.91 bits per heavy atom. The molecule has 1 aromatic carbocycles. The molecule has 22 heavy (non-hydrogen) atoms. The second-order valence-electron chi connectivity index (χ2n) is 6.35. The molecule has 2 unspecified atom stereocenters. The molecule has 124 valence electrons. The summed E-state index contributed by atoms with van der Waals surface area (Å²) in [6.07, 6.45) is 1.59. The Balaban J connectivity index is 0.00000242. The number of ether oxygens (including phenoxy) is 1. The third-order valence-corrected chi connectivity index (χ3v) is 4.86. The van der Waals surface area contributed by atoms with Crippen molar-refractivity contribution < 1.29 is 9.53 Å². The lowest BCUT2D eigenvalue weighted by atomic mass is 9.54. The Morgan fingerprint density at radius 1 is 1.32 bits per heavy atom. The van der Waals surface area contributed by atoms with Crippen LogP contribution < -0.4 is 11.1 Å². The summed E-state index contributed by atoms with van der Waals surface area (Å²) in [5.41, 5.74) is 7.15. The van der Waals surface area contributed by atoms with E-state index in [1.165, 1.54) is 5.56 Å². The normalized spacial score (nSPS) is 25.8. The summed E-state index contributed by atoms with van der Waals surface area (Å²) in [5, 5.41) is 2.93. The molecule has 1 aromatic rings. The van der Waals surface area contributed by atoms with E-state index < -0.39 is 5.54 Å². The number of carbonyl (C=O) groups excluding carboxylic acids is 1. The predicted octanol–water partition coefficient (Wildman–Crippen LogP) is 3.14. The summed E-state index contributed by atoms with van der Waals surface area (Å²) in [6.45, 7) is 8.70. The molecule has 0 heterocycles. The molecule has 3 N–H and O–H groups in total. The summed E-state index contributed by atoms with van der Waals surface area (Å²) in [7, 11) is 0. The van der Waals surface area contributed by atoms with Crippen molar-refractivity contribution in [1.29, 1.82) is 0 Å². The van der Waals surface area contributed by atoms with Gasteiger partial charge in [0.05, 0.1) is 6.10 Å². The molecular formula is C17H27ClN2O2. The van der Waals surface area contributed by atoms with Gasteiger partial charge in [-0.1, -0.05) is 32.9 Å². The Hall–Kier alpha value is -1.10. The molecule has 4 nitrogen and oxygen atoms in total. The lowest BCUT2D eigenvalue weighted by Gasteiger charge is -2.57. The average molecular weight is 327 g/mol. The molecule has 2 rings (SSSR count). The Kier molecular flexibility index (Phi) is 6.02. The second kappa shape index (κ2) is 6.99. The SMILES string of the molecule is CCOC1CC(N)(C(=O)Nc2ccc(CC)cc2)C1(C)C.Cl. The number of rotatable bonds is 5. The van der Waals surface area contributed by atoms with Crippen LogP contribution in [-0.2, 0) is 16.0 Å². The van der Waals surface area contributed by atoms with Gasteiger partial charge in [0.15, 0.2) is 0 Å². The first kappa shape index (κ1) is 18.9. The molecule has 1 saturated carbocycles. The second-order valence-corrected chi connectivity index (χ2v) is 6.35. The van der Waals surface area contributed by atoms with Gasteiger partial charge in [0, 0.05) is 24.1 Å². The minimum atomic E-state index is -0.879. The highest BCUT2D eigenvalue weighted by Gasteiger charge is 2.62. The molecule has 0 bridgehead atoms. The minimum Gasteiger partial charge on any atom is -0.378 e. The van der Waals surface area contributed by atoms with E-state index >= 15 is 0 Å². The first-order valence-corrected chi connectivity index (χ1v) is 7.66. The summed E-state index contributed by atoms with van der Waals surface area (Å²) in [5.74, 6) is -0.132. The zero-order valence-corrected chi connectivity index (χ0v) is 14.6. The molecule has 0 radical (unpaired) electrons. The molecule has 2 atom stereocenters. The van der Waals surface area contributed by atoms with Crippen LogP contribution in [0.15, 0.2) is 24.3 Å². The number of halogens is 1. The van der Waals surface area contributed by atoms with Crippen molar-refractivity contribution in [3.05, 3.63) is 29.8 Å². The number of amides is 1. The van der Waals surface area contributed by atoms with Gasteiger partial charge in [-0.15, -0.1) is 12.4 Å². The Labute approximate surface area is 139 Å². The fourth-order valence-corrected chi connectivity index (χ4v) is 2.89. The van der Waals surface area contributed by atoms with Crippen LogP contribution in [0.2, 0.25) is 0 Å². The van der Waals surface area contributed by atoms with Gasteiger partial charge in [-0.3, -0.25) is 4.79 Å². The number of nitrogens with two attached hydrogens (primary N) is 1. The number of anilines is 1. The summed E-state index contributed by atoms with van der Waals surface area (Å²) in [6, 6.07) is 7.89. The largest absolute Gasteiger partial charge is 0.378 e. The van der Waals surface area contributed by atoms with Crippen LogP contribution in [0, 0.1) is 5.41 Å². The topological polar surface area (TPSA) is 64.3 Å². The fraction of sp³-hybridized carbons (Fsp3) is 0.588. The van der Waals surface area contributed by atoms with E-state index in [4.69, 9.17) is 10.5 Å². The monoisotopic (exact) mass is 326 g/mol. The van der Waals surface area contributed by atoms with E-state index in [1.807, 2.05) is 45.0 Å². The van der Waals surface area contributed by atoms with Crippen molar-refractivity contribution in [3.8, 4) is 0 Å². The van der Waals surface area contributed by atoms with Crippen LogP contribution in [0.4, 0.5) is 5.69 Å². The summed E-state index contributed by atoms with van der Waals surface area (Å²) in [4.78, 5) is 12.5. The number of nitrogens with one attached hydrogen (secondary N) is 1. The molecule has 1 aliphatic carbocycles. The van der Waals surface area contributed by atoms with E-state index in [0.717, 1.165) is 12.1 Å². The standard InChI is InChI=1S/C17H26N2O2.ClH/c1-5-12-7-9-13(10-8-12)19-15(20)17(18)11-14(21-6-2)16(17,3)4;/h7-10,14H,5-6,11,18H2,1-4H3,(H,19,20);1H. The molecule has 0 aliphatic heterocycles. The molecule has 0 aromatic heterocycles. The Bertz CT molecular complexity index is 516. The highest BCUT2D eigenvalue weighted by molar-refractivity contribution is 5.99. The van der Waals surface area contributed by atoms with Gasteiger partial charge in [0.25, 0.3) is 0 Å². The smallest absolute Gasteiger partial charge is 0.245 e. The van der Waals surface area contributed by atoms with Crippen molar-refractivity contribution in [3.63, 3.8) is 0 Å². The maximum atomic E-state index is 12.5. The van der Waals surface area contributed by atoms with E-state index in [0.29, 0.717) is 13.0 Å². The van der Waals surface area contributed by atoms with Gasteiger partial charge in [0.1, 0.15) is 5.54 Å². The highest BCUT2D eigenvalue weighted by atomic mass is 35.5.